The summed E-state index contributed by atoms with van der Waals surface area (Å²) in [5, 5.41) is 0.692. The van der Waals surface area contributed by atoms with Gasteiger partial charge in [0.05, 0.1) is 17.2 Å². The number of aryl methyl sites for hydroxylation is 2. The molecule has 0 amide bonds. The molecule has 2 heterocycles. The second-order valence-electron chi connectivity index (χ2n) is 6.63. The molecule has 3 rings (SSSR count). The van der Waals surface area contributed by atoms with Crippen molar-refractivity contribution in [2.45, 2.75) is 20.4 Å². The van der Waals surface area contributed by atoms with E-state index in [1.807, 2.05) is 6.07 Å². The summed E-state index contributed by atoms with van der Waals surface area (Å²) in [5.41, 5.74) is 5.42. The third-order valence-electron chi connectivity index (χ3n) is 4.47. The summed E-state index contributed by atoms with van der Waals surface area (Å²) in [6, 6.07) is 9.01. The van der Waals surface area contributed by atoms with Gasteiger partial charge in [0.1, 0.15) is 16.3 Å². The molecule has 0 bridgehead atoms. The molecule has 10 heteroatoms. The first-order chi connectivity index (χ1) is 14.2. The fourth-order valence-electron chi connectivity index (χ4n) is 2.95. The molecule has 30 heavy (non-hydrogen) atoms. The second-order valence-corrected chi connectivity index (χ2v) is 7.83. The lowest BCUT2D eigenvalue weighted by Crippen LogP contribution is -2.43. The van der Waals surface area contributed by atoms with Gasteiger partial charge < -0.3 is 10.5 Å². The summed E-state index contributed by atoms with van der Waals surface area (Å²) < 4.78 is 7.02. The number of benzene rings is 1. The first kappa shape index (κ1) is 21.2. The number of anilines is 1. The number of nitrogen functional groups attached to an aromatic ring is 1. The number of aromatic nitrogens is 3. The molecule has 156 valence electrons. The standard InChI is InChI=1S/C20H20N4O5S/c1-11-16(30-12(2)22-11)19(27)29-10-14(25)15-17(21)24(20(28)23(3)18(15)26)9-13-7-5-4-6-8-13/h4-8H,9-10,21H2,1-3H3. The van der Waals surface area contributed by atoms with E-state index in [9.17, 15) is 19.2 Å². The van der Waals surface area contributed by atoms with Gasteiger partial charge in [-0.1, -0.05) is 30.3 Å². The van der Waals surface area contributed by atoms with Gasteiger partial charge in [-0.2, -0.15) is 0 Å². The zero-order valence-corrected chi connectivity index (χ0v) is 17.5. The highest BCUT2D eigenvalue weighted by Crippen LogP contribution is 2.18. The highest BCUT2D eigenvalue weighted by Gasteiger charge is 2.24. The number of rotatable bonds is 6. The lowest BCUT2D eigenvalue weighted by molar-refractivity contribution is 0.0478. The Morgan fingerprint density at radius 3 is 2.43 bits per heavy atom. The number of nitrogens with zero attached hydrogens (tertiary/aromatic N) is 3. The van der Waals surface area contributed by atoms with E-state index in [0.29, 0.717) is 10.7 Å². The third kappa shape index (κ3) is 4.08. The first-order valence-corrected chi connectivity index (χ1v) is 9.80. The Morgan fingerprint density at radius 1 is 1.17 bits per heavy atom. The Bertz CT molecular complexity index is 1240. The Balaban J connectivity index is 1.90. The Morgan fingerprint density at radius 2 is 1.83 bits per heavy atom. The summed E-state index contributed by atoms with van der Waals surface area (Å²) >= 11 is 1.15. The number of hydrogen-bond donors (Lipinski definition) is 1. The number of nitrogens with two attached hydrogens (primary N) is 1. The van der Waals surface area contributed by atoms with Crippen molar-refractivity contribution in [2.24, 2.45) is 7.05 Å². The molecule has 0 atom stereocenters. The monoisotopic (exact) mass is 428 g/mol. The van der Waals surface area contributed by atoms with Crippen molar-refractivity contribution in [3.05, 3.63) is 77.9 Å². The minimum absolute atomic E-state index is 0.0824. The van der Waals surface area contributed by atoms with E-state index in [1.165, 1.54) is 7.05 Å². The molecule has 0 aliphatic heterocycles. The molecule has 3 aromatic rings. The second kappa shape index (κ2) is 8.46. The lowest BCUT2D eigenvalue weighted by atomic mass is 10.2. The summed E-state index contributed by atoms with van der Waals surface area (Å²) in [5.74, 6) is -1.76. The van der Waals surface area contributed by atoms with E-state index >= 15 is 0 Å². The van der Waals surface area contributed by atoms with Crippen molar-refractivity contribution >= 4 is 28.9 Å². The van der Waals surface area contributed by atoms with Crippen molar-refractivity contribution in [1.29, 1.82) is 0 Å². The van der Waals surface area contributed by atoms with Gasteiger partial charge in [0, 0.05) is 7.05 Å². The normalized spacial score (nSPS) is 10.8. The van der Waals surface area contributed by atoms with E-state index < -0.39 is 35.2 Å². The molecule has 0 radical (unpaired) electrons. The SMILES string of the molecule is Cc1nc(C)c(C(=O)OCC(=O)c2c(N)n(Cc3ccccc3)c(=O)n(C)c2=O)s1. The number of carbonyl (C=O) groups excluding carboxylic acids is 2. The molecule has 0 spiro atoms. The van der Waals surface area contributed by atoms with Gasteiger partial charge in [0.2, 0.25) is 5.78 Å². The van der Waals surface area contributed by atoms with Gasteiger partial charge >= 0.3 is 11.7 Å². The predicted octanol–water partition coefficient (Wildman–Crippen LogP) is 1.29. The molecular formula is C20H20N4O5S. The number of thiazole rings is 1. The van der Waals surface area contributed by atoms with Crippen LogP contribution in [0.5, 0.6) is 0 Å². The number of esters is 1. The van der Waals surface area contributed by atoms with Crippen molar-refractivity contribution in [3.63, 3.8) is 0 Å². The molecule has 0 saturated carbocycles. The van der Waals surface area contributed by atoms with Crippen molar-refractivity contribution in [1.82, 2.24) is 14.1 Å². The van der Waals surface area contributed by atoms with Crippen LogP contribution in [0.2, 0.25) is 0 Å². The van der Waals surface area contributed by atoms with Crippen LogP contribution in [0.1, 0.15) is 36.3 Å². The number of Topliss-reactive ketones (excluding diaryl/α,β-unsaturated/α-hetero) is 1. The van der Waals surface area contributed by atoms with Crippen molar-refractivity contribution < 1.29 is 14.3 Å². The largest absolute Gasteiger partial charge is 0.453 e. The summed E-state index contributed by atoms with van der Waals surface area (Å²) in [6.07, 6.45) is 0. The highest BCUT2D eigenvalue weighted by molar-refractivity contribution is 7.13. The summed E-state index contributed by atoms with van der Waals surface area (Å²) in [6.45, 7) is 2.81. The van der Waals surface area contributed by atoms with Gasteiger partial charge in [-0.15, -0.1) is 11.3 Å². The average Bonchev–Trinajstić information content (AvgIpc) is 3.07. The Hall–Kier alpha value is -3.53. The van der Waals surface area contributed by atoms with Crippen LogP contribution in [-0.4, -0.2) is 32.5 Å². The van der Waals surface area contributed by atoms with Crippen LogP contribution in [0.4, 0.5) is 5.82 Å². The summed E-state index contributed by atoms with van der Waals surface area (Å²) in [4.78, 5) is 54.4. The molecule has 9 nitrogen and oxygen atoms in total. The molecular weight excluding hydrogens is 408 g/mol. The van der Waals surface area contributed by atoms with Crippen LogP contribution >= 0.6 is 11.3 Å². The molecule has 0 aliphatic rings. The molecule has 2 aromatic heterocycles. The van der Waals surface area contributed by atoms with E-state index in [4.69, 9.17) is 10.5 Å². The van der Waals surface area contributed by atoms with E-state index in [-0.39, 0.29) is 17.2 Å². The minimum atomic E-state index is -0.840. The van der Waals surface area contributed by atoms with Crippen LogP contribution < -0.4 is 17.0 Å². The highest BCUT2D eigenvalue weighted by atomic mass is 32.1. The number of ether oxygens (including phenoxy) is 1. The average molecular weight is 428 g/mol. The topological polar surface area (TPSA) is 126 Å². The third-order valence-corrected chi connectivity index (χ3v) is 5.52. The molecule has 0 unspecified atom stereocenters. The van der Waals surface area contributed by atoms with Gasteiger partial charge in [0.15, 0.2) is 6.61 Å². The molecule has 0 aliphatic carbocycles. The van der Waals surface area contributed by atoms with Crippen LogP contribution in [-0.2, 0) is 18.3 Å². The maximum Gasteiger partial charge on any atom is 0.350 e. The van der Waals surface area contributed by atoms with Crippen LogP contribution in [0.3, 0.4) is 0 Å². The number of hydrogen-bond acceptors (Lipinski definition) is 8. The number of ketones is 1. The smallest absolute Gasteiger partial charge is 0.350 e. The lowest BCUT2D eigenvalue weighted by Gasteiger charge is -2.14. The van der Waals surface area contributed by atoms with Gasteiger partial charge in [-0.25, -0.2) is 14.6 Å². The predicted molar refractivity (Wildman–Crippen MR) is 112 cm³/mol. The van der Waals surface area contributed by atoms with Gasteiger partial charge in [0.25, 0.3) is 5.56 Å². The quantitative estimate of drug-likeness (QED) is 0.463. The van der Waals surface area contributed by atoms with Crippen LogP contribution in [0.25, 0.3) is 0 Å². The molecule has 2 N–H and O–H groups in total. The molecule has 0 fully saturated rings. The maximum absolute atomic E-state index is 12.7. The Labute approximate surface area is 175 Å². The van der Waals surface area contributed by atoms with Gasteiger partial charge in [-0.05, 0) is 19.4 Å². The molecule has 0 saturated heterocycles. The van der Waals surface area contributed by atoms with E-state index in [1.54, 1.807) is 38.1 Å². The number of carbonyl (C=O) groups is 2. The zero-order chi connectivity index (χ0) is 22.0. The maximum atomic E-state index is 12.7. The van der Waals surface area contributed by atoms with Crippen LogP contribution in [0.15, 0.2) is 39.9 Å². The van der Waals surface area contributed by atoms with Crippen LogP contribution in [0, 0.1) is 13.8 Å². The molecule has 1 aromatic carbocycles. The van der Waals surface area contributed by atoms with Crippen molar-refractivity contribution in [3.8, 4) is 0 Å². The fraction of sp³-hybridized carbons (Fsp3) is 0.250. The van der Waals surface area contributed by atoms with E-state index in [0.717, 1.165) is 26.0 Å². The van der Waals surface area contributed by atoms with Gasteiger partial charge in [-0.3, -0.25) is 18.7 Å². The zero-order valence-electron chi connectivity index (χ0n) is 16.7. The Kier molecular flexibility index (Phi) is 5.97. The summed E-state index contributed by atoms with van der Waals surface area (Å²) in [7, 11) is 1.26. The minimum Gasteiger partial charge on any atom is -0.453 e. The first-order valence-electron chi connectivity index (χ1n) is 8.98. The van der Waals surface area contributed by atoms with E-state index in [2.05, 4.69) is 4.98 Å². The fourth-order valence-corrected chi connectivity index (χ4v) is 3.77. The van der Waals surface area contributed by atoms with Crippen molar-refractivity contribution in [2.75, 3.05) is 12.3 Å².